The number of halogens is 3. The molecule has 3 heterocycles. The van der Waals surface area contributed by atoms with Crippen molar-refractivity contribution in [3.05, 3.63) is 77.8 Å². The number of aromatic nitrogens is 3. The minimum Gasteiger partial charge on any atom is -0.419 e. The summed E-state index contributed by atoms with van der Waals surface area (Å²) in [6.07, 6.45) is -3.45. The number of nitrogens with two attached hydrogens (primary N) is 1. The first kappa shape index (κ1) is 28.9. The van der Waals surface area contributed by atoms with Crippen LogP contribution in [0.4, 0.5) is 18.9 Å². The maximum absolute atomic E-state index is 13.4. The number of alkyl halides is 3. The molecule has 4 aromatic rings. The highest BCUT2D eigenvalue weighted by atomic mass is 32.2. The average molecular weight is 597 g/mol. The number of rotatable bonds is 5. The SMILES string of the molecule is CC(C)(C#N)c1nnc(-c2ccc3c(c2)N(Cc2ccc(-c4cc(C(F)(F)F)ccn4)cc2)C(=O)[C@@H](N)CS3(=O)=O)o1. The van der Waals surface area contributed by atoms with Crippen molar-refractivity contribution in [2.75, 3.05) is 10.7 Å². The third-order valence-electron chi connectivity index (χ3n) is 6.73. The smallest absolute Gasteiger partial charge is 0.416 e. The molecule has 1 atom stereocenters. The molecule has 216 valence electrons. The van der Waals surface area contributed by atoms with Gasteiger partial charge >= 0.3 is 6.18 Å². The molecule has 42 heavy (non-hydrogen) atoms. The third-order valence-corrected chi connectivity index (χ3v) is 8.54. The number of benzene rings is 2. The maximum Gasteiger partial charge on any atom is 0.416 e. The van der Waals surface area contributed by atoms with Gasteiger partial charge in [0.05, 0.1) is 46.2 Å². The fraction of sp³-hybridized carbons (Fsp3) is 0.250. The van der Waals surface area contributed by atoms with Crippen molar-refractivity contribution in [2.45, 2.75) is 42.9 Å². The van der Waals surface area contributed by atoms with Crippen LogP contribution < -0.4 is 10.6 Å². The molecule has 14 heteroatoms. The number of hydrogen-bond donors (Lipinski definition) is 1. The van der Waals surface area contributed by atoms with Crippen LogP contribution in [-0.2, 0) is 32.8 Å². The number of fused-ring (bicyclic) bond motifs is 1. The van der Waals surface area contributed by atoms with Gasteiger partial charge < -0.3 is 15.1 Å². The summed E-state index contributed by atoms with van der Waals surface area (Å²) < 4.78 is 71.4. The van der Waals surface area contributed by atoms with Crippen LogP contribution in [0.3, 0.4) is 0 Å². The van der Waals surface area contributed by atoms with Gasteiger partial charge in [-0.3, -0.25) is 9.78 Å². The van der Waals surface area contributed by atoms with E-state index in [1.54, 1.807) is 38.1 Å². The minimum absolute atomic E-state index is 0.0207. The van der Waals surface area contributed by atoms with Crippen molar-refractivity contribution in [3.63, 3.8) is 0 Å². The summed E-state index contributed by atoms with van der Waals surface area (Å²) in [6, 6.07) is 13.1. The van der Waals surface area contributed by atoms with E-state index in [1.807, 2.05) is 0 Å². The van der Waals surface area contributed by atoms with Crippen molar-refractivity contribution >= 4 is 21.4 Å². The van der Waals surface area contributed by atoms with E-state index in [2.05, 4.69) is 21.3 Å². The van der Waals surface area contributed by atoms with Crippen LogP contribution in [0.1, 0.15) is 30.9 Å². The van der Waals surface area contributed by atoms with E-state index in [4.69, 9.17) is 10.2 Å². The molecule has 1 amide bonds. The van der Waals surface area contributed by atoms with E-state index in [0.29, 0.717) is 16.7 Å². The second-order valence-electron chi connectivity index (χ2n) is 10.3. The first-order chi connectivity index (χ1) is 19.7. The molecular weight excluding hydrogens is 573 g/mol. The van der Waals surface area contributed by atoms with Gasteiger partial charge in [0.25, 0.3) is 0 Å². The van der Waals surface area contributed by atoms with E-state index in [-0.39, 0.29) is 34.6 Å². The molecule has 1 aliphatic rings. The van der Waals surface area contributed by atoms with Crippen LogP contribution in [0.5, 0.6) is 0 Å². The average Bonchev–Trinajstić information content (AvgIpc) is 3.44. The molecule has 0 bridgehead atoms. The molecule has 0 saturated heterocycles. The maximum atomic E-state index is 13.4. The van der Waals surface area contributed by atoms with E-state index in [0.717, 1.165) is 18.3 Å². The minimum atomic E-state index is -4.52. The summed E-state index contributed by atoms with van der Waals surface area (Å²) in [5.41, 5.74) is 5.55. The Balaban J connectivity index is 1.52. The van der Waals surface area contributed by atoms with E-state index in [9.17, 15) is 31.6 Å². The molecule has 0 aliphatic carbocycles. The molecule has 0 spiro atoms. The number of carbonyl (C=O) groups excluding carboxylic acids is 1. The predicted molar refractivity (Wildman–Crippen MR) is 144 cm³/mol. The second kappa shape index (κ2) is 10.3. The zero-order valence-corrected chi connectivity index (χ0v) is 23.1. The molecular formula is C28H23F3N6O4S. The molecule has 2 N–H and O–H groups in total. The van der Waals surface area contributed by atoms with Crippen LogP contribution in [0.25, 0.3) is 22.7 Å². The molecule has 0 radical (unpaired) electrons. The number of nitrogens with zero attached hydrogens (tertiary/aromatic N) is 5. The summed E-state index contributed by atoms with van der Waals surface area (Å²) in [7, 11) is -3.96. The van der Waals surface area contributed by atoms with E-state index >= 15 is 0 Å². The van der Waals surface area contributed by atoms with Gasteiger partial charge in [0.1, 0.15) is 5.41 Å². The van der Waals surface area contributed by atoms with Crippen molar-refractivity contribution in [2.24, 2.45) is 5.73 Å². The quantitative estimate of drug-likeness (QED) is 0.355. The number of hydrogen-bond acceptors (Lipinski definition) is 9. The molecule has 5 rings (SSSR count). The predicted octanol–water partition coefficient (Wildman–Crippen LogP) is 4.27. The van der Waals surface area contributed by atoms with Gasteiger partial charge in [0.15, 0.2) is 9.84 Å². The van der Waals surface area contributed by atoms with Crippen molar-refractivity contribution in [1.29, 1.82) is 5.26 Å². The van der Waals surface area contributed by atoms with Gasteiger partial charge in [-0.15, -0.1) is 10.2 Å². The number of carbonyl (C=O) groups is 1. The van der Waals surface area contributed by atoms with Gasteiger partial charge in [0, 0.05) is 17.3 Å². The standard InChI is InChI=1S/C28H23F3N6O4S/c1-27(2,15-32)26-36-35-24(41-26)18-7-8-23-22(11-18)37(25(38)20(33)14-42(23,39)40)13-16-3-5-17(6-4-16)21-12-19(9-10-34-21)28(29,30)31/h3-12,20H,13-14,33H2,1-2H3/t20-/m0/s1. The zero-order chi connectivity index (χ0) is 30.4. The van der Waals surface area contributed by atoms with Gasteiger partial charge in [-0.25, -0.2) is 8.42 Å². The first-order valence-corrected chi connectivity index (χ1v) is 14.2. The van der Waals surface area contributed by atoms with Gasteiger partial charge in [0.2, 0.25) is 17.7 Å². The molecule has 10 nitrogen and oxygen atoms in total. The Morgan fingerprint density at radius 2 is 1.76 bits per heavy atom. The molecule has 0 unspecified atom stereocenters. The van der Waals surface area contributed by atoms with E-state index < -0.39 is 44.7 Å². The number of amides is 1. The molecule has 2 aromatic heterocycles. The molecule has 1 aliphatic heterocycles. The highest BCUT2D eigenvalue weighted by Gasteiger charge is 2.37. The summed E-state index contributed by atoms with van der Waals surface area (Å²) in [5.74, 6) is -1.16. The Kier molecular flexibility index (Phi) is 7.12. The third kappa shape index (κ3) is 5.48. The van der Waals surface area contributed by atoms with Crippen molar-refractivity contribution in [1.82, 2.24) is 15.2 Å². The number of pyridine rings is 1. The monoisotopic (exact) mass is 596 g/mol. The van der Waals surface area contributed by atoms with Crippen LogP contribution in [-0.4, -0.2) is 41.3 Å². The Hall–Kier alpha value is -4.61. The van der Waals surface area contributed by atoms with Crippen LogP contribution in [0.2, 0.25) is 0 Å². The number of anilines is 1. The fourth-order valence-corrected chi connectivity index (χ4v) is 5.93. The van der Waals surface area contributed by atoms with Crippen LogP contribution in [0.15, 0.2) is 70.1 Å². The lowest BCUT2D eigenvalue weighted by Gasteiger charge is -2.24. The highest BCUT2D eigenvalue weighted by molar-refractivity contribution is 7.91. The largest absolute Gasteiger partial charge is 0.419 e. The zero-order valence-electron chi connectivity index (χ0n) is 22.3. The first-order valence-electron chi connectivity index (χ1n) is 12.5. The molecule has 0 saturated carbocycles. The topological polar surface area (TPSA) is 156 Å². The summed E-state index contributed by atoms with van der Waals surface area (Å²) >= 11 is 0. The molecule has 2 aromatic carbocycles. The van der Waals surface area contributed by atoms with Gasteiger partial charge in [-0.1, -0.05) is 24.3 Å². The van der Waals surface area contributed by atoms with Crippen molar-refractivity contribution < 1.29 is 30.8 Å². The summed E-state index contributed by atoms with van der Waals surface area (Å²) in [6.45, 7) is 3.11. The Labute approximate surface area is 238 Å². The Morgan fingerprint density at radius 1 is 1.07 bits per heavy atom. The van der Waals surface area contributed by atoms with Crippen LogP contribution >= 0.6 is 0 Å². The lowest BCUT2D eigenvalue weighted by molar-refractivity contribution is -0.137. The van der Waals surface area contributed by atoms with Gasteiger partial charge in [-0.2, -0.15) is 18.4 Å². The Bertz CT molecular complexity index is 1830. The Morgan fingerprint density at radius 3 is 2.43 bits per heavy atom. The summed E-state index contributed by atoms with van der Waals surface area (Å²) in [4.78, 5) is 18.5. The van der Waals surface area contributed by atoms with E-state index in [1.165, 1.54) is 23.1 Å². The van der Waals surface area contributed by atoms with Gasteiger partial charge in [-0.05, 0) is 49.7 Å². The van der Waals surface area contributed by atoms with Crippen LogP contribution in [0, 0.1) is 11.3 Å². The number of nitriles is 1. The highest BCUT2D eigenvalue weighted by Crippen LogP contribution is 2.36. The lowest BCUT2D eigenvalue weighted by atomic mass is 9.96. The second-order valence-corrected chi connectivity index (χ2v) is 12.3. The van der Waals surface area contributed by atoms with Crippen molar-refractivity contribution in [3.8, 4) is 28.8 Å². The lowest BCUT2D eigenvalue weighted by Crippen LogP contribution is -2.45. The normalized spacial score (nSPS) is 16.9. The summed E-state index contributed by atoms with van der Waals surface area (Å²) in [5, 5.41) is 17.3. The molecule has 0 fully saturated rings. The fourth-order valence-electron chi connectivity index (χ4n) is 4.37. The number of sulfone groups is 1.